The Kier molecular flexibility index (Phi) is 3.28. The molecule has 4 heteroatoms. The predicted molar refractivity (Wildman–Crippen MR) is 63.0 cm³/mol. The lowest BCUT2D eigenvalue weighted by molar-refractivity contribution is -0.274. The highest BCUT2D eigenvalue weighted by Crippen LogP contribution is 2.33. The van der Waals surface area contributed by atoms with Gasteiger partial charge in [0.1, 0.15) is 5.75 Å². The zero-order valence-electron chi connectivity index (χ0n) is 9.37. The SMILES string of the molecule is [CH2]c1ccc(-c2ccccc2OC(F)(F)F)cc1. The van der Waals surface area contributed by atoms with Crippen LogP contribution in [0.1, 0.15) is 5.56 Å². The fourth-order valence-corrected chi connectivity index (χ4v) is 1.60. The second-order valence-corrected chi connectivity index (χ2v) is 3.74. The highest BCUT2D eigenvalue weighted by Gasteiger charge is 2.32. The van der Waals surface area contributed by atoms with Crippen LogP contribution in [0, 0.1) is 6.92 Å². The van der Waals surface area contributed by atoms with E-state index in [1.165, 1.54) is 12.1 Å². The molecule has 0 aromatic heterocycles. The molecule has 1 radical (unpaired) electrons. The molecule has 0 aliphatic heterocycles. The minimum Gasteiger partial charge on any atom is -0.405 e. The Hall–Kier alpha value is -1.97. The van der Waals surface area contributed by atoms with Crippen molar-refractivity contribution in [2.45, 2.75) is 6.36 Å². The van der Waals surface area contributed by atoms with Gasteiger partial charge in [0, 0.05) is 5.56 Å². The first-order valence-corrected chi connectivity index (χ1v) is 5.23. The van der Waals surface area contributed by atoms with E-state index in [2.05, 4.69) is 11.7 Å². The quantitative estimate of drug-likeness (QED) is 0.767. The minimum atomic E-state index is -4.69. The monoisotopic (exact) mass is 251 g/mol. The van der Waals surface area contributed by atoms with Crippen LogP contribution in [0.4, 0.5) is 13.2 Å². The van der Waals surface area contributed by atoms with Gasteiger partial charge in [0.05, 0.1) is 0 Å². The summed E-state index contributed by atoms with van der Waals surface area (Å²) < 4.78 is 40.8. The van der Waals surface area contributed by atoms with Crippen LogP contribution in [0.25, 0.3) is 11.1 Å². The summed E-state index contributed by atoms with van der Waals surface area (Å²) in [6, 6.07) is 12.9. The second kappa shape index (κ2) is 4.72. The van der Waals surface area contributed by atoms with Crippen LogP contribution >= 0.6 is 0 Å². The van der Waals surface area contributed by atoms with E-state index < -0.39 is 6.36 Å². The molecule has 18 heavy (non-hydrogen) atoms. The lowest BCUT2D eigenvalue weighted by Crippen LogP contribution is -2.17. The van der Waals surface area contributed by atoms with E-state index >= 15 is 0 Å². The van der Waals surface area contributed by atoms with E-state index in [4.69, 9.17) is 0 Å². The maximum absolute atomic E-state index is 12.3. The number of benzene rings is 2. The molecule has 0 heterocycles. The van der Waals surface area contributed by atoms with Crippen molar-refractivity contribution in [1.29, 1.82) is 0 Å². The zero-order chi connectivity index (χ0) is 13.2. The van der Waals surface area contributed by atoms with Gasteiger partial charge in [-0.2, -0.15) is 0 Å². The second-order valence-electron chi connectivity index (χ2n) is 3.74. The summed E-state index contributed by atoms with van der Waals surface area (Å²) in [5.41, 5.74) is 1.85. The smallest absolute Gasteiger partial charge is 0.405 e. The zero-order valence-corrected chi connectivity index (χ0v) is 9.37. The highest BCUT2D eigenvalue weighted by molar-refractivity contribution is 5.70. The predicted octanol–water partition coefficient (Wildman–Crippen LogP) is 4.43. The molecule has 0 saturated heterocycles. The van der Waals surface area contributed by atoms with Crippen LogP contribution in [-0.2, 0) is 0 Å². The molecule has 0 saturated carbocycles. The van der Waals surface area contributed by atoms with Gasteiger partial charge in [-0.25, -0.2) is 0 Å². The van der Waals surface area contributed by atoms with Gasteiger partial charge in [-0.15, -0.1) is 13.2 Å². The molecule has 0 bridgehead atoms. The molecular formula is C14H10F3O. The Balaban J connectivity index is 2.41. The molecule has 0 unspecified atom stereocenters. The molecule has 0 fully saturated rings. The fourth-order valence-electron chi connectivity index (χ4n) is 1.60. The number of hydrogen-bond donors (Lipinski definition) is 0. The van der Waals surface area contributed by atoms with Crippen molar-refractivity contribution in [2.75, 3.05) is 0 Å². The number of hydrogen-bond acceptors (Lipinski definition) is 1. The van der Waals surface area contributed by atoms with Crippen molar-refractivity contribution in [3.63, 3.8) is 0 Å². The van der Waals surface area contributed by atoms with Gasteiger partial charge in [0.2, 0.25) is 0 Å². The van der Waals surface area contributed by atoms with E-state index in [-0.39, 0.29) is 5.75 Å². The van der Waals surface area contributed by atoms with E-state index in [1.54, 1.807) is 36.4 Å². The van der Waals surface area contributed by atoms with Gasteiger partial charge in [-0.1, -0.05) is 42.5 Å². The minimum absolute atomic E-state index is 0.207. The van der Waals surface area contributed by atoms with E-state index in [0.29, 0.717) is 11.1 Å². The molecule has 2 rings (SSSR count). The van der Waals surface area contributed by atoms with Gasteiger partial charge in [0.25, 0.3) is 0 Å². The maximum atomic E-state index is 12.3. The Morgan fingerprint density at radius 3 is 2.11 bits per heavy atom. The van der Waals surface area contributed by atoms with Crippen molar-refractivity contribution in [3.8, 4) is 16.9 Å². The lowest BCUT2D eigenvalue weighted by Gasteiger charge is -2.13. The summed E-state index contributed by atoms with van der Waals surface area (Å²) >= 11 is 0. The van der Waals surface area contributed by atoms with Gasteiger partial charge in [-0.3, -0.25) is 0 Å². The van der Waals surface area contributed by atoms with Crippen LogP contribution in [0.2, 0.25) is 0 Å². The molecular weight excluding hydrogens is 241 g/mol. The summed E-state index contributed by atoms with van der Waals surface area (Å²) in [5, 5.41) is 0. The van der Waals surface area contributed by atoms with Crippen LogP contribution in [-0.4, -0.2) is 6.36 Å². The van der Waals surface area contributed by atoms with Gasteiger partial charge in [0.15, 0.2) is 0 Å². The third-order valence-corrected chi connectivity index (χ3v) is 2.38. The van der Waals surface area contributed by atoms with Crippen molar-refractivity contribution in [1.82, 2.24) is 0 Å². The van der Waals surface area contributed by atoms with Crippen molar-refractivity contribution >= 4 is 0 Å². The lowest BCUT2D eigenvalue weighted by atomic mass is 10.0. The molecule has 0 N–H and O–H groups in total. The van der Waals surface area contributed by atoms with Gasteiger partial charge >= 0.3 is 6.36 Å². The third kappa shape index (κ3) is 3.03. The molecule has 0 atom stereocenters. The molecule has 2 aromatic carbocycles. The normalized spacial score (nSPS) is 11.3. The molecule has 0 aliphatic carbocycles. The summed E-state index contributed by atoms with van der Waals surface area (Å²) in [5.74, 6) is -0.207. The van der Waals surface area contributed by atoms with Crippen LogP contribution in [0.15, 0.2) is 48.5 Å². The Bertz CT molecular complexity index is 529. The average Bonchev–Trinajstić information content (AvgIpc) is 2.29. The van der Waals surface area contributed by atoms with Gasteiger partial charge in [-0.05, 0) is 24.1 Å². The topological polar surface area (TPSA) is 9.23 Å². The molecule has 0 spiro atoms. The number of rotatable bonds is 2. The summed E-state index contributed by atoms with van der Waals surface area (Å²) in [7, 11) is 0. The van der Waals surface area contributed by atoms with Crippen LogP contribution < -0.4 is 4.74 Å². The standard InChI is InChI=1S/C14H10F3O/c1-10-6-8-11(9-7-10)12-4-2-3-5-13(12)18-14(15,16)17/h2-9H,1H2. The Morgan fingerprint density at radius 1 is 0.889 bits per heavy atom. The number of ether oxygens (including phenoxy) is 1. The van der Waals surface area contributed by atoms with Gasteiger partial charge < -0.3 is 4.74 Å². The third-order valence-electron chi connectivity index (χ3n) is 2.38. The maximum Gasteiger partial charge on any atom is 0.573 e. The first-order chi connectivity index (χ1) is 8.46. The number of alkyl halides is 3. The van der Waals surface area contributed by atoms with Crippen LogP contribution in [0.5, 0.6) is 5.75 Å². The first kappa shape index (κ1) is 12.5. The Morgan fingerprint density at radius 2 is 1.50 bits per heavy atom. The number of halogens is 3. The van der Waals surface area contributed by atoms with Crippen molar-refractivity contribution in [3.05, 3.63) is 61.0 Å². The fraction of sp³-hybridized carbons (Fsp3) is 0.0714. The largest absolute Gasteiger partial charge is 0.573 e. The van der Waals surface area contributed by atoms with Crippen molar-refractivity contribution < 1.29 is 17.9 Å². The summed E-state index contributed by atoms with van der Waals surface area (Å²) in [6.45, 7) is 3.73. The van der Waals surface area contributed by atoms with Crippen molar-refractivity contribution in [2.24, 2.45) is 0 Å². The first-order valence-electron chi connectivity index (χ1n) is 5.23. The molecule has 0 amide bonds. The highest BCUT2D eigenvalue weighted by atomic mass is 19.4. The number of para-hydroxylation sites is 1. The summed E-state index contributed by atoms with van der Waals surface area (Å²) in [4.78, 5) is 0. The molecule has 1 nitrogen and oxygen atoms in total. The molecule has 2 aromatic rings. The Labute approximate surface area is 103 Å². The summed E-state index contributed by atoms with van der Waals surface area (Å²) in [6.07, 6.45) is -4.69. The average molecular weight is 251 g/mol. The van der Waals surface area contributed by atoms with E-state index in [0.717, 1.165) is 5.56 Å². The molecule has 0 aliphatic rings. The van der Waals surface area contributed by atoms with E-state index in [1.807, 2.05) is 0 Å². The van der Waals surface area contributed by atoms with E-state index in [9.17, 15) is 13.2 Å². The molecule has 93 valence electrons. The van der Waals surface area contributed by atoms with Crippen LogP contribution in [0.3, 0.4) is 0 Å².